The summed E-state index contributed by atoms with van der Waals surface area (Å²) in [4.78, 5) is 28.3. The first-order chi connectivity index (χ1) is 14.5. The number of nitrogens with one attached hydrogen (secondary N) is 3. The van der Waals surface area contributed by atoms with Gasteiger partial charge in [-0.2, -0.15) is 0 Å². The molecular formula is C23H24N4O3. The Morgan fingerprint density at radius 3 is 2.17 bits per heavy atom. The van der Waals surface area contributed by atoms with E-state index in [0.29, 0.717) is 24.3 Å². The zero-order valence-electron chi connectivity index (χ0n) is 16.9. The lowest BCUT2D eigenvalue weighted by molar-refractivity contribution is 0.0950. The van der Waals surface area contributed by atoms with E-state index in [9.17, 15) is 9.59 Å². The molecule has 0 aliphatic carbocycles. The van der Waals surface area contributed by atoms with E-state index in [1.807, 2.05) is 43.3 Å². The lowest BCUT2D eigenvalue weighted by Gasteiger charge is -2.10. The fourth-order valence-electron chi connectivity index (χ4n) is 2.79. The van der Waals surface area contributed by atoms with Crippen molar-refractivity contribution in [3.8, 4) is 5.75 Å². The van der Waals surface area contributed by atoms with Crippen molar-refractivity contribution in [1.82, 2.24) is 15.6 Å². The number of carbonyl (C=O) groups is 2. The third kappa shape index (κ3) is 5.81. The van der Waals surface area contributed by atoms with Crippen LogP contribution in [0.15, 0.2) is 67.0 Å². The van der Waals surface area contributed by atoms with Gasteiger partial charge < -0.3 is 20.7 Å². The predicted octanol–water partition coefficient (Wildman–Crippen LogP) is 3.65. The zero-order valence-corrected chi connectivity index (χ0v) is 16.9. The number of nitrogens with zero attached hydrogens (tertiary/aromatic N) is 1. The maximum atomic E-state index is 12.3. The van der Waals surface area contributed by atoms with Crippen molar-refractivity contribution in [3.63, 3.8) is 0 Å². The highest BCUT2D eigenvalue weighted by Gasteiger charge is 2.08. The molecule has 3 aromatic rings. The molecule has 3 N–H and O–H groups in total. The SMILES string of the molecule is COc1ccc(CNC(=O)Nc2ccc(CNC(=O)c3cnccc3C)cc2)cc1. The van der Waals surface area contributed by atoms with Crippen molar-refractivity contribution in [1.29, 1.82) is 0 Å². The summed E-state index contributed by atoms with van der Waals surface area (Å²) in [6.07, 6.45) is 3.22. The van der Waals surface area contributed by atoms with Crippen LogP contribution in [0.3, 0.4) is 0 Å². The monoisotopic (exact) mass is 404 g/mol. The largest absolute Gasteiger partial charge is 0.497 e. The number of pyridine rings is 1. The molecule has 1 heterocycles. The van der Waals surface area contributed by atoms with Gasteiger partial charge in [0, 0.05) is 31.2 Å². The molecule has 3 rings (SSSR count). The van der Waals surface area contributed by atoms with Crippen LogP contribution in [0.25, 0.3) is 0 Å². The van der Waals surface area contributed by atoms with Crippen LogP contribution in [0.2, 0.25) is 0 Å². The smallest absolute Gasteiger partial charge is 0.319 e. The predicted molar refractivity (Wildman–Crippen MR) is 115 cm³/mol. The summed E-state index contributed by atoms with van der Waals surface area (Å²) in [5.74, 6) is 0.607. The number of hydrogen-bond donors (Lipinski definition) is 3. The molecule has 7 nitrogen and oxygen atoms in total. The molecule has 0 saturated heterocycles. The number of methoxy groups -OCH3 is 1. The van der Waals surface area contributed by atoms with Gasteiger partial charge in [-0.25, -0.2) is 4.79 Å². The Kier molecular flexibility index (Phi) is 7.00. The number of anilines is 1. The standard InChI is InChI=1S/C23H24N4O3/c1-16-11-12-24-15-21(16)22(28)25-13-17-3-7-19(8-4-17)27-23(29)26-14-18-5-9-20(30-2)10-6-18/h3-12,15H,13-14H2,1-2H3,(H,25,28)(H2,26,27,29). The van der Waals surface area contributed by atoms with Crippen molar-refractivity contribution in [3.05, 3.63) is 89.2 Å². The van der Waals surface area contributed by atoms with Gasteiger partial charge in [0.05, 0.1) is 12.7 Å². The van der Waals surface area contributed by atoms with E-state index in [4.69, 9.17) is 4.74 Å². The lowest BCUT2D eigenvalue weighted by atomic mass is 10.1. The van der Waals surface area contributed by atoms with Crippen molar-refractivity contribution < 1.29 is 14.3 Å². The molecule has 0 unspecified atom stereocenters. The van der Waals surface area contributed by atoms with Gasteiger partial charge in [0.15, 0.2) is 0 Å². The summed E-state index contributed by atoms with van der Waals surface area (Å²) in [6.45, 7) is 2.67. The van der Waals surface area contributed by atoms with E-state index in [-0.39, 0.29) is 11.9 Å². The van der Waals surface area contributed by atoms with E-state index in [2.05, 4.69) is 20.9 Å². The second kappa shape index (κ2) is 10.1. The molecule has 2 aromatic carbocycles. The third-order valence-electron chi connectivity index (χ3n) is 4.56. The molecule has 7 heteroatoms. The Balaban J connectivity index is 1.46. The average Bonchev–Trinajstić information content (AvgIpc) is 2.77. The zero-order chi connectivity index (χ0) is 21.3. The number of rotatable bonds is 7. The van der Waals surface area contributed by atoms with Crippen molar-refractivity contribution >= 4 is 17.6 Å². The second-order valence-corrected chi connectivity index (χ2v) is 6.73. The Morgan fingerprint density at radius 1 is 0.900 bits per heavy atom. The summed E-state index contributed by atoms with van der Waals surface area (Å²) in [5.41, 5.74) is 4.00. The Morgan fingerprint density at radius 2 is 1.53 bits per heavy atom. The number of aryl methyl sites for hydroxylation is 1. The Labute approximate surface area is 175 Å². The van der Waals surface area contributed by atoms with Crippen LogP contribution < -0.4 is 20.7 Å². The molecule has 0 aliphatic rings. The molecule has 0 radical (unpaired) electrons. The number of urea groups is 1. The van der Waals surface area contributed by atoms with Crippen LogP contribution in [-0.2, 0) is 13.1 Å². The average molecular weight is 404 g/mol. The van der Waals surface area contributed by atoms with Gasteiger partial charge in [0.2, 0.25) is 0 Å². The van der Waals surface area contributed by atoms with Crippen LogP contribution in [0.4, 0.5) is 10.5 Å². The molecule has 30 heavy (non-hydrogen) atoms. The van der Waals surface area contributed by atoms with Gasteiger partial charge in [-0.05, 0) is 53.9 Å². The minimum Gasteiger partial charge on any atom is -0.497 e. The van der Waals surface area contributed by atoms with Crippen LogP contribution in [-0.4, -0.2) is 24.0 Å². The van der Waals surface area contributed by atoms with Crippen molar-refractivity contribution in [2.75, 3.05) is 12.4 Å². The van der Waals surface area contributed by atoms with E-state index >= 15 is 0 Å². The molecule has 3 amide bonds. The first-order valence-electron chi connectivity index (χ1n) is 9.50. The van der Waals surface area contributed by atoms with Crippen molar-refractivity contribution in [2.45, 2.75) is 20.0 Å². The van der Waals surface area contributed by atoms with Gasteiger partial charge in [-0.1, -0.05) is 24.3 Å². The molecule has 0 aliphatic heterocycles. The number of hydrogen-bond acceptors (Lipinski definition) is 4. The molecular weight excluding hydrogens is 380 g/mol. The minimum atomic E-state index is -0.293. The minimum absolute atomic E-state index is 0.166. The van der Waals surface area contributed by atoms with E-state index in [1.54, 1.807) is 37.7 Å². The first-order valence-corrected chi connectivity index (χ1v) is 9.50. The quantitative estimate of drug-likeness (QED) is 0.560. The van der Waals surface area contributed by atoms with Gasteiger partial charge in [-0.3, -0.25) is 9.78 Å². The van der Waals surface area contributed by atoms with Gasteiger partial charge in [-0.15, -0.1) is 0 Å². The molecule has 154 valence electrons. The number of aromatic nitrogens is 1. The number of benzene rings is 2. The fraction of sp³-hybridized carbons (Fsp3) is 0.174. The Hall–Kier alpha value is -3.87. The maximum Gasteiger partial charge on any atom is 0.319 e. The second-order valence-electron chi connectivity index (χ2n) is 6.73. The van der Waals surface area contributed by atoms with Gasteiger partial charge >= 0.3 is 6.03 Å². The molecule has 0 spiro atoms. The maximum absolute atomic E-state index is 12.3. The highest BCUT2D eigenvalue weighted by molar-refractivity contribution is 5.95. The highest BCUT2D eigenvalue weighted by Crippen LogP contribution is 2.12. The van der Waals surface area contributed by atoms with Crippen molar-refractivity contribution in [2.24, 2.45) is 0 Å². The molecule has 0 saturated carbocycles. The van der Waals surface area contributed by atoms with Gasteiger partial charge in [0.1, 0.15) is 5.75 Å². The van der Waals surface area contributed by atoms with Crippen LogP contribution in [0.1, 0.15) is 27.0 Å². The number of carbonyl (C=O) groups excluding carboxylic acids is 2. The first kappa shape index (κ1) is 20.9. The molecule has 0 atom stereocenters. The highest BCUT2D eigenvalue weighted by atomic mass is 16.5. The number of amides is 3. The van der Waals surface area contributed by atoms with E-state index < -0.39 is 0 Å². The fourth-order valence-corrected chi connectivity index (χ4v) is 2.79. The van der Waals surface area contributed by atoms with E-state index in [1.165, 1.54) is 0 Å². The molecule has 0 bridgehead atoms. The van der Waals surface area contributed by atoms with E-state index in [0.717, 1.165) is 22.4 Å². The topological polar surface area (TPSA) is 92.4 Å². The number of ether oxygens (including phenoxy) is 1. The van der Waals surface area contributed by atoms with Gasteiger partial charge in [0.25, 0.3) is 5.91 Å². The third-order valence-corrected chi connectivity index (χ3v) is 4.56. The van der Waals surface area contributed by atoms with Crippen LogP contribution in [0, 0.1) is 6.92 Å². The summed E-state index contributed by atoms with van der Waals surface area (Å²) >= 11 is 0. The normalized spacial score (nSPS) is 10.2. The summed E-state index contributed by atoms with van der Waals surface area (Å²) in [7, 11) is 1.61. The summed E-state index contributed by atoms with van der Waals surface area (Å²) < 4.78 is 5.12. The lowest BCUT2D eigenvalue weighted by Crippen LogP contribution is -2.28. The Bertz CT molecular complexity index is 1000. The van der Waals surface area contributed by atoms with Crippen LogP contribution >= 0.6 is 0 Å². The molecule has 0 fully saturated rings. The summed E-state index contributed by atoms with van der Waals surface area (Å²) in [5, 5.41) is 8.47. The van der Waals surface area contributed by atoms with Crippen LogP contribution in [0.5, 0.6) is 5.75 Å². The molecule has 1 aromatic heterocycles. The summed E-state index contributed by atoms with van der Waals surface area (Å²) in [6, 6.07) is 16.3.